The molecule has 35 heavy (non-hydrogen) atoms. The molecular formula is C29H37N3O3. The fraction of sp³-hybridized carbons (Fsp3) is 0.448. The Labute approximate surface area is 209 Å². The molecule has 0 saturated carbocycles. The summed E-state index contributed by atoms with van der Waals surface area (Å²) in [6, 6.07) is 16.6. The first-order chi connectivity index (χ1) is 17.0. The van der Waals surface area contributed by atoms with Crippen LogP contribution in [-0.4, -0.2) is 54.6 Å². The van der Waals surface area contributed by atoms with Gasteiger partial charge in [0, 0.05) is 43.3 Å². The molecule has 2 amide bonds. The highest BCUT2D eigenvalue weighted by Crippen LogP contribution is 2.53. The maximum Gasteiger partial charge on any atom is 0.410 e. The van der Waals surface area contributed by atoms with Gasteiger partial charge < -0.3 is 19.4 Å². The van der Waals surface area contributed by atoms with Crippen molar-refractivity contribution in [3.63, 3.8) is 0 Å². The molecule has 6 heteroatoms. The number of piperidine rings is 1. The number of hydrogen-bond acceptors (Lipinski definition) is 4. The van der Waals surface area contributed by atoms with E-state index in [2.05, 4.69) is 48.7 Å². The SMILES string of the molecule is C=CCOC(=O)N1CCC[C@H]2C(c3ccccc3)N(CC)c3ccc(C(=O)N(CC)CC)cc3[C@H]21. The lowest BCUT2D eigenvalue weighted by Crippen LogP contribution is -2.51. The smallest absolute Gasteiger partial charge is 0.410 e. The predicted octanol–water partition coefficient (Wildman–Crippen LogP) is 5.83. The van der Waals surface area contributed by atoms with Gasteiger partial charge in [-0.05, 0) is 62.9 Å². The molecule has 0 N–H and O–H groups in total. The molecule has 2 aromatic rings. The second-order valence-corrected chi connectivity index (χ2v) is 9.20. The van der Waals surface area contributed by atoms with E-state index in [1.165, 1.54) is 5.56 Å². The topological polar surface area (TPSA) is 53.1 Å². The Kier molecular flexibility index (Phi) is 7.79. The first-order valence-corrected chi connectivity index (χ1v) is 12.8. The molecule has 0 aromatic heterocycles. The highest BCUT2D eigenvalue weighted by molar-refractivity contribution is 5.95. The third-order valence-corrected chi connectivity index (χ3v) is 7.41. The van der Waals surface area contributed by atoms with E-state index in [9.17, 15) is 9.59 Å². The molecule has 0 radical (unpaired) electrons. The summed E-state index contributed by atoms with van der Waals surface area (Å²) < 4.78 is 5.52. The van der Waals surface area contributed by atoms with Crippen molar-refractivity contribution < 1.29 is 14.3 Å². The summed E-state index contributed by atoms with van der Waals surface area (Å²) in [4.78, 5) is 32.6. The maximum atomic E-state index is 13.2. The minimum absolute atomic E-state index is 0.0270. The highest BCUT2D eigenvalue weighted by atomic mass is 16.6. The van der Waals surface area contributed by atoms with Crippen LogP contribution >= 0.6 is 0 Å². The third-order valence-electron chi connectivity index (χ3n) is 7.41. The number of likely N-dealkylation sites (tertiary alicyclic amines) is 1. The van der Waals surface area contributed by atoms with Gasteiger partial charge >= 0.3 is 6.09 Å². The Balaban J connectivity index is 1.86. The van der Waals surface area contributed by atoms with Gasteiger partial charge in [0.1, 0.15) is 6.61 Å². The van der Waals surface area contributed by atoms with E-state index in [1.54, 1.807) is 6.08 Å². The largest absolute Gasteiger partial charge is 0.445 e. The molecule has 4 rings (SSSR count). The van der Waals surface area contributed by atoms with Crippen molar-refractivity contribution in [3.8, 4) is 0 Å². The van der Waals surface area contributed by atoms with Crippen LogP contribution in [0.2, 0.25) is 0 Å². The van der Waals surface area contributed by atoms with E-state index in [-0.39, 0.29) is 36.6 Å². The monoisotopic (exact) mass is 475 g/mol. The molecule has 0 bridgehead atoms. The molecule has 2 heterocycles. The number of amides is 2. The van der Waals surface area contributed by atoms with Gasteiger partial charge in [0.2, 0.25) is 0 Å². The summed E-state index contributed by atoms with van der Waals surface area (Å²) >= 11 is 0. The fourth-order valence-electron chi connectivity index (χ4n) is 5.88. The van der Waals surface area contributed by atoms with Crippen LogP contribution in [0.25, 0.3) is 0 Å². The normalized spacial score (nSPS) is 21.1. The van der Waals surface area contributed by atoms with E-state index < -0.39 is 0 Å². The van der Waals surface area contributed by atoms with Gasteiger partial charge in [0.15, 0.2) is 0 Å². The first-order valence-electron chi connectivity index (χ1n) is 12.8. The van der Waals surface area contributed by atoms with Gasteiger partial charge in [-0.2, -0.15) is 0 Å². The Morgan fingerprint density at radius 2 is 1.83 bits per heavy atom. The Morgan fingerprint density at radius 1 is 1.09 bits per heavy atom. The van der Waals surface area contributed by atoms with Crippen molar-refractivity contribution in [2.45, 2.75) is 45.7 Å². The standard InChI is InChI=1S/C29H37N3O3/c1-5-19-35-29(34)32-18-12-15-23-26(21-13-10-9-11-14-21)31(8-4)25-17-16-22(20-24(25)27(23)32)28(33)30(6-2)7-3/h5,9-11,13-14,16-17,20,23,26-27H,1,6-8,12,15,18-19H2,2-4H3/t23-,26?,27-/m0/s1. The highest BCUT2D eigenvalue weighted by Gasteiger charge is 2.47. The molecule has 186 valence electrons. The number of nitrogens with zero attached hydrogens (tertiary/aromatic N) is 3. The second kappa shape index (κ2) is 11.0. The zero-order valence-corrected chi connectivity index (χ0v) is 21.2. The van der Waals surface area contributed by atoms with E-state index >= 15 is 0 Å². The summed E-state index contributed by atoms with van der Waals surface area (Å²) in [7, 11) is 0. The molecule has 2 aromatic carbocycles. The number of hydrogen-bond donors (Lipinski definition) is 0. The molecule has 1 fully saturated rings. The molecular weight excluding hydrogens is 438 g/mol. The van der Waals surface area contributed by atoms with Gasteiger partial charge in [-0.15, -0.1) is 0 Å². The zero-order valence-electron chi connectivity index (χ0n) is 21.2. The number of benzene rings is 2. The zero-order chi connectivity index (χ0) is 24.9. The Hall–Kier alpha value is -3.28. The molecule has 0 aliphatic carbocycles. The van der Waals surface area contributed by atoms with Crippen LogP contribution in [0.15, 0.2) is 61.2 Å². The van der Waals surface area contributed by atoms with Gasteiger partial charge in [0.25, 0.3) is 5.91 Å². The lowest BCUT2D eigenvalue weighted by molar-refractivity contribution is 0.0465. The first kappa shape index (κ1) is 24.8. The van der Waals surface area contributed by atoms with Crippen LogP contribution < -0.4 is 4.90 Å². The molecule has 1 saturated heterocycles. The molecule has 0 spiro atoms. The Bertz CT molecular complexity index is 1050. The summed E-state index contributed by atoms with van der Waals surface area (Å²) in [5.41, 5.74) is 4.05. The summed E-state index contributed by atoms with van der Waals surface area (Å²) in [5.74, 6) is 0.216. The Morgan fingerprint density at radius 3 is 2.49 bits per heavy atom. The quantitative estimate of drug-likeness (QED) is 0.473. The molecule has 2 aliphatic heterocycles. The van der Waals surface area contributed by atoms with Crippen LogP contribution in [0.4, 0.5) is 10.5 Å². The van der Waals surface area contributed by atoms with E-state index in [4.69, 9.17) is 4.74 Å². The maximum absolute atomic E-state index is 13.2. The van der Waals surface area contributed by atoms with Crippen molar-refractivity contribution in [2.24, 2.45) is 5.92 Å². The minimum atomic E-state index is -0.317. The molecule has 2 aliphatic rings. The fourth-order valence-corrected chi connectivity index (χ4v) is 5.88. The van der Waals surface area contributed by atoms with Crippen LogP contribution in [0.5, 0.6) is 0 Å². The van der Waals surface area contributed by atoms with Crippen molar-refractivity contribution in [3.05, 3.63) is 77.9 Å². The third kappa shape index (κ3) is 4.66. The van der Waals surface area contributed by atoms with Crippen LogP contribution in [0, 0.1) is 5.92 Å². The summed E-state index contributed by atoms with van der Waals surface area (Å²) in [5, 5.41) is 0. The number of fused-ring (bicyclic) bond motifs is 3. The van der Waals surface area contributed by atoms with Crippen molar-refractivity contribution in [1.29, 1.82) is 0 Å². The van der Waals surface area contributed by atoms with Crippen molar-refractivity contribution in [2.75, 3.05) is 37.7 Å². The number of anilines is 1. The number of rotatable bonds is 7. The summed E-state index contributed by atoms with van der Waals surface area (Å²) in [6.07, 6.45) is 3.20. The van der Waals surface area contributed by atoms with Crippen LogP contribution in [0.3, 0.4) is 0 Å². The minimum Gasteiger partial charge on any atom is -0.445 e. The molecule has 3 atom stereocenters. The number of carbonyl (C=O) groups excluding carboxylic acids is 2. The van der Waals surface area contributed by atoms with Gasteiger partial charge in [-0.1, -0.05) is 43.0 Å². The lowest BCUT2D eigenvalue weighted by atomic mass is 9.73. The van der Waals surface area contributed by atoms with E-state index in [1.807, 2.05) is 41.8 Å². The predicted molar refractivity (Wildman–Crippen MR) is 140 cm³/mol. The number of ether oxygens (including phenoxy) is 1. The van der Waals surface area contributed by atoms with Gasteiger partial charge in [-0.25, -0.2) is 4.79 Å². The summed E-state index contributed by atoms with van der Waals surface area (Å²) in [6.45, 7) is 12.8. The van der Waals surface area contributed by atoms with Gasteiger partial charge in [0.05, 0.1) is 12.1 Å². The number of carbonyl (C=O) groups is 2. The van der Waals surface area contributed by atoms with E-state index in [0.29, 0.717) is 25.2 Å². The molecule has 6 nitrogen and oxygen atoms in total. The van der Waals surface area contributed by atoms with Crippen molar-refractivity contribution >= 4 is 17.7 Å². The second-order valence-electron chi connectivity index (χ2n) is 9.20. The van der Waals surface area contributed by atoms with Crippen LogP contribution in [0.1, 0.15) is 67.2 Å². The van der Waals surface area contributed by atoms with Crippen LogP contribution in [-0.2, 0) is 4.74 Å². The van der Waals surface area contributed by atoms with Crippen molar-refractivity contribution in [1.82, 2.24) is 9.80 Å². The lowest BCUT2D eigenvalue weighted by Gasteiger charge is -2.52. The molecule has 1 unspecified atom stereocenters. The average Bonchev–Trinajstić information content (AvgIpc) is 2.91. The average molecular weight is 476 g/mol. The van der Waals surface area contributed by atoms with Gasteiger partial charge in [-0.3, -0.25) is 4.79 Å². The van der Waals surface area contributed by atoms with E-state index in [0.717, 1.165) is 30.6 Å².